The Morgan fingerprint density at radius 2 is 0.683 bits per heavy atom. The molecule has 0 bridgehead atoms. The third kappa shape index (κ3) is 6.33. The summed E-state index contributed by atoms with van der Waals surface area (Å²) in [5.74, 6) is 0. The number of hydrogen-bond donors (Lipinski definition) is 0. The van der Waals surface area contributed by atoms with Gasteiger partial charge >= 0.3 is 0 Å². The van der Waals surface area contributed by atoms with Gasteiger partial charge in [-0.15, -0.1) is 0 Å². The quantitative estimate of drug-likeness (QED) is 0.145. The zero-order valence-corrected chi connectivity index (χ0v) is 34.6. The molecule has 1 nitrogen and oxygen atoms in total. The highest BCUT2D eigenvalue weighted by molar-refractivity contribution is 6.33. The summed E-state index contributed by atoms with van der Waals surface area (Å²) in [6.07, 6.45) is 0. The lowest BCUT2D eigenvalue weighted by atomic mass is 9.81. The molecule has 294 valence electrons. The van der Waals surface area contributed by atoms with Gasteiger partial charge in [0, 0.05) is 17.1 Å². The fraction of sp³-hybridized carbons (Fsp3) is 0. The minimum absolute atomic E-state index is 1.13. The van der Waals surface area contributed by atoms with E-state index in [0.717, 1.165) is 17.1 Å². The summed E-state index contributed by atoms with van der Waals surface area (Å²) in [7, 11) is 0. The summed E-state index contributed by atoms with van der Waals surface area (Å²) in [6.45, 7) is 0. The van der Waals surface area contributed by atoms with E-state index < -0.39 is 0 Å². The largest absolute Gasteiger partial charge is 0.310 e. The first-order valence-corrected chi connectivity index (χ1v) is 21.8. The molecule has 0 unspecified atom stereocenters. The Balaban J connectivity index is 1.05. The van der Waals surface area contributed by atoms with Gasteiger partial charge in [-0.25, -0.2) is 0 Å². The van der Waals surface area contributed by atoms with Gasteiger partial charge in [-0.3, -0.25) is 0 Å². The molecule has 12 aromatic rings. The van der Waals surface area contributed by atoms with Gasteiger partial charge in [0.05, 0.1) is 0 Å². The number of hydrogen-bond acceptors (Lipinski definition) is 1. The third-order valence-corrected chi connectivity index (χ3v) is 12.8. The van der Waals surface area contributed by atoms with E-state index in [2.05, 4.69) is 254 Å². The average Bonchev–Trinajstić information content (AvgIpc) is 3.37. The van der Waals surface area contributed by atoms with E-state index in [1.54, 1.807) is 0 Å². The number of benzene rings is 12. The van der Waals surface area contributed by atoms with E-state index in [9.17, 15) is 0 Å². The lowest BCUT2D eigenvalue weighted by Crippen LogP contribution is -2.09. The van der Waals surface area contributed by atoms with Crippen LogP contribution in [0.5, 0.6) is 0 Å². The van der Waals surface area contributed by atoms with Crippen molar-refractivity contribution in [1.29, 1.82) is 0 Å². The van der Waals surface area contributed by atoms with Crippen LogP contribution in [0.1, 0.15) is 0 Å². The SMILES string of the molecule is c1ccc(-c2cc(-c3ccccc3)c3c4ccccc4c4cc(-c5ccc6c(ccc7cc(N(c8ccccc8)c8ccccc8)ccc76)c5)ccc4c3c2-c2ccccc2)cc1. The van der Waals surface area contributed by atoms with Crippen LogP contribution in [0.15, 0.2) is 249 Å². The first-order chi connectivity index (χ1) is 31.3. The molecular formula is C62H41N. The lowest BCUT2D eigenvalue weighted by molar-refractivity contribution is 1.29. The number of nitrogens with zero attached hydrogens (tertiary/aromatic N) is 1. The molecule has 0 spiro atoms. The molecule has 0 aliphatic heterocycles. The number of fused-ring (bicyclic) bond motifs is 9. The van der Waals surface area contributed by atoms with Gasteiger partial charge in [0.2, 0.25) is 0 Å². The molecular weight excluding hydrogens is 759 g/mol. The molecule has 63 heavy (non-hydrogen) atoms. The van der Waals surface area contributed by atoms with Crippen molar-refractivity contribution in [1.82, 2.24) is 0 Å². The number of anilines is 3. The Morgan fingerprint density at radius 3 is 1.30 bits per heavy atom. The van der Waals surface area contributed by atoms with Gasteiger partial charge in [0.25, 0.3) is 0 Å². The van der Waals surface area contributed by atoms with Gasteiger partial charge in [-0.2, -0.15) is 0 Å². The first kappa shape index (κ1) is 36.6. The standard InChI is InChI=1S/C62H41N/c1-6-18-42(19-7-1)57-41-58(43-20-8-2-9-21-43)61-55-29-17-16-28-54(55)59-40-46(33-36-56(59)62(61)60(57)44-22-10-3-11-23-44)45-32-35-52-47(38-45)30-31-48-39-51(34-37-53(48)52)63(49-24-12-4-13-25-49)50-26-14-5-15-27-50/h1-41H. The highest BCUT2D eigenvalue weighted by atomic mass is 15.1. The van der Waals surface area contributed by atoms with Crippen LogP contribution in [-0.4, -0.2) is 0 Å². The molecule has 0 radical (unpaired) electrons. The maximum absolute atomic E-state index is 2.43. The van der Waals surface area contributed by atoms with Crippen molar-refractivity contribution in [2.45, 2.75) is 0 Å². The Hall–Kier alpha value is -8.26. The molecule has 0 aliphatic carbocycles. The Labute approximate surface area is 367 Å². The van der Waals surface area contributed by atoms with Crippen LogP contribution < -0.4 is 4.90 Å². The number of rotatable bonds is 7. The summed E-state index contributed by atoms with van der Waals surface area (Å²) >= 11 is 0. The van der Waals surface area contributed by atoms with Crippen LogP contribution in [0, 0.1) is 0 Å². The molecule has 12 aromatic carbocycles. The van der Waals surface area contributed by atoms with Crippen LogP contribution >= 0.6 is 0 Å². The molecule has 0 atom stereocenters. The van der Waals surface area contributed by atoms with Gasteiger partial charge in [0.15, 0.2) is 0 Å². The summed E-state index contributed by atoms with van der Waals surface area (Å²) in [5.41, 5.74) is 13.2. The second kappa shape index (κ2) is 15.3. The molecule has 0 amide bonds. The van der Waals surface area contributed by atoms with Crippen molar-refractivity contribution >= 4 is 70.9 Å². The average molecular weight is 800 g/mol. The maximum Gasteiger partial charge on any atom is 0.0468 e. The van der Waals surface area contributed by atoms with E-state index in [4.69, 9.17) is 0 Å². The minimum atomic E-state index is 1.13. The topological polar surface area (TPSA) is 3.24 Å². The van der Waals surface area contributed by atoms with Gasteiger partial charge in [-0.1, -0.05) is 194 Å². The Bertz CT molecular complexity index is 3600. The fourth-order valence-electron chi connectivity index (χ4n) is 9.91. The van der Waals surface area contributed by atoms with Crippen molar-refractivity contribution in [3.05, 3.63) is 249 Å². The first-order valence-electron chi connectivity index (χ1n) is 21.8. The van der Waals surface area contributed by atoms with Crippen LogP contribution in [0.4, 0.5) is 17.1 Å². The zero-order valence-electron chi connectivity index (χ0n) is 34.6. The molecule has 0 N–H and O–H groups in total. The second-order valence-corrected chi connectivity index (χ2v) is 16.4. The smallest absolute Gasteiger partial charge is 0.0468 e. The molecule has 12 rings (SSSR count). The van der Waals surface area contributed by atoms with Crippen molar-refractivity contribution in [3.8, 4) is 44.5 Å². The number of para-hydroxylation sites is 2. The molecule has 1 heteroatoms. The van der Waals surface area contributed by atoms with Gasteiger partial charge in [-0.05, 0) is 153 Å². The van der Waals surface area contributed by atoms with Crippen LogP contribution in [0.25, 0.3) is 98.4 Å². The molecule has 0 heterocycles. The van der Waals surface area contributed by atoms with Crippen LogP contribution in [0.2, 0.25) is 0 Å². The van der Waals surface area contributed by atoms with Crippen molar-refractivity contribution in [2.75, 3.05) is 4.90 Å². The van der Waals surface area contributed by atoms with Crippen molar-refractivity contribution < 1.29 is 0 Å². The van der Waals surface area contributed by atoms with Gasteiger partial charge < -0.3 is 4.90 Å². The molecule has 0 fully saturated rings. The van der Waals surface area contributed by atoms with E-state index in [1.807, 2.05) is 0 Å². The molecule has 0 saturated carbocycles. The molecule has 0 saturated heterocycles. The van der Waals surface area contributed by atoms with E-state index in [1.165, 1.54) is 98.4 Å². The summed E-state index contributed by atoms with van der Waals surface area (Å²) < 4.78 is 0. The maximum atomic E-state index is 2.43. The predicted molar refractivity (Wildman–Crippen MR) is 270 cm³/mol. The minimum Gasteiger partial charge on any atom is -0.310 e. The monoisotopic (exact) mass is 799 g/mol. The molecule has 0 aromatic heterocycles. The van der Waals surface area contributed by atoms with Crippen molar-refractivity contribution in [3.63, 3.8) is 0 Å². The van der Waals surface area contributed by atoms with Crippen LogP contribution in [0.3, 0.4) is 0 Å². The van der Waals surface area contributed by atoms with Gasteiger partial charge in [0.1, 0.15) is 0 Å². The highest BCUT2D eigenvalue weighted by Crippen LogP contribution is 2.49. The summed E-state index contributed by atoms with van der Waals surface area (Å²) in [4.78, 5) is 2.33. The zero-order chi connectivity index (χ0) is 41.7. The third-order valence-electron chi connectivity index (χ3n) is 12.8. The van der Waals surface area contributed by atoms with E-state index in [-0.39, 0.29) is 0 Å². The highest BCUT2D eigenvalue weighted by Gasteiger charge is 2.22. The molecule has 0 aliphatic rings. The predicted octanol–water partition coefficient (Wildman–Crippen LogP) is 17.6. The van der Waals surface area contributed by atoms with Crippen LogP contribution in [-0.2, 0) is 0 Å². The van der Waals surface area contributed by atoms with E-state index in [0.29, 0.717) is 0 Å². The summed E-state index contributed by atoms with van der Waals surface area (Å²) in [6, 6.07) is 91.0. The Morgan fingerprint density at radius 1 is 0.222 bits per heavy atom. The normalized spacial score (nSPS) is 11.5. The second-order valence-electron chi connectivity index (χ2n) is 16.4. The lowest BCUT2D eigenvalue weighted by Gasteiger charge is -2.25. The Kier molecular flexibility index (Phi) is 8.90. The van der Waals surface area contributed by atoms with E-state index >= 15 is 0 Å². The fourth-order valence-corrected chi connectivity index (χ4v) is 9.91. The summed E-state index contributed by atoms with van der Waals surface area (Å²) in [5, 5.41) is 12.5. The van der Waals surface area contributed by atoms with Crippen molar-refractivity contribution in [2.24, 2.45) is 0 Å².